The zero-order valence-electron chi connectivity index (χ0n) is 12.1. The van der Waals surface area contributed by atoms with Crippen molar-refractivity contribution in [3.63, 3.8) is 0 Å². The minimum absolute atomic E-state index is 0.152. The Kier molecular flexibility index (Phi) is 5.72. The number of rotatable bonds is 5. The molecule has 0 aliphatic rings. The summed E-state index contributed by atoms with van der Waals surface area (Å²) in [5.41, 5.74) is 2.40. The van der Waals surface area contributed by atoms with Crippen molar-refractivity contribution in [2.24, 2.45) is 0 Å². The van der Waals surface area contributed by atoms with Crippen molar-refractivity contribution >= 4 is 27.8 Å². The molecule has 1 N–H and O–H groups in total. The van der Waals surface area contributed by atoms with Crippen LogP contribution in [-0.4, -0.2) is 18.4 Å². The molecule has 5 heteroatoms. The number of hydrogen-bond donors (Lipinski definition) is 1. The van der Waals surface area contributed by atoms with Crippen molar-refractivity contribution in [3.8, 4) is 0 Å². The van der Waals surface area contributed by atoms with E-state index in [1.807, 2.05) is 37.3 Å². The maximum Gasteiger partial charge on any atom is 0.325 e. The summed E-state index contributed by atoms with van der Waals surface area (Å²) in [5, 5.41) is 2.55. The summed E-state index contributed by atoms with van der Waals surface area (Å²) in [6.45, 7) is 1.93. The van der Waals surface area contributed by atoms with Crippen molar-refractivity contribution in [1.29, 1.82) is 0 Å². The lowest BCUT2D eigenvalue weighted by Gasteiger charge is -2.07. The first-order valence-corrected chi connectivity index (χ1v) is 7.59. The van der Waals surface area contributed by atoms with Gasteiger partial charge in [-0.05, 0) is 36.8 Å². The average Bonchev–Trinajstić information content (AvgIpc) is 2.50. The molecule has 22 heavy (non-hydrogen) atoms. The highest BCUT2D eigenvalue weighted by Crippen LogP contribution is 2.12. The normalized spacial score (nSPS) is 10.1. The van der Waals surface area contributed by atoms with Gasteiger partial charge >= 0.3 is 5.97 Å². The van der Waals surface area contributed by atoms with Gasteiger partial charge in [0.1, 0.15) is 13.2 Å². The third kappa shape index (κ3) is 5.00. The molecule has 2 aromatic rings. The minimum Gasteiger partial charge on any atom is -0.460 e. The molecular weight excluding hydrogens is 346 g/mol. The largest absolute Gasteiger partial charge is 0.460 e. The van der Waals surface area contributed by atoms with E-state index >= 15 is 0 Å². The molecule has 0 aliphatic carbocycles. The second kappa shape index (κ2) is 7.75. The summed E-state index contributed by atoms with van der Waals surface area (Å²) >= 11 is 3.35. The number of aryl methyl sites for hydroxylation is 1. The summed E-state index contributed by atoms with van der Waals surface area (Å²) in [6, 6.07) is 14.7. The van der Waals surface area contributed by atoms with Crippen molar-refractivity contribution in [3.05, 3.63) is 69.7 Å². The molecule has 0 heterocycles. The van der Waals surface area contributed by atoms with Crippen LogP contribution in [-0.2, 0) is 16.1 Å². The van der Waals surface area contributed by atoms with E-state index in [9.17, 15) is 9.59 Å². The quantitative estimate of drug-likeness (QED) is 0.831. The third-order valence-electron chi connectivity index (χ3n) is 2.96. The average molecular weight is 362 g/mol. The van der Waals surface area contributed by atoms with Gasteiger partial charge in [0.2, 0.25) is 0 Å². The van der Waals surface area contributed by atoms with Gasteiger partial charge in [0.25, 0.3) is 5.91 Å². The second-order valence-electron chi connectivity index (χ2n) is 4.84. The summed E-state index contributed by atoms with van der Waals surface area (Å²) < 4.78 is 6.04. The van der Waals surface area contributed by atoms with Crippen LogP contribution in [0.5, 0.6) is 0 Å². The lowest BCUT2D eigenvalue weighted by molar-refractivity contribution is -0.143. The first-order chi connectivity index (χ1) is 10.5. The Morgan fingerprint density at radius 1 is 1.14 bits per heavy atom. The maximum atomic E-state index is 11.9. The minimum atomic E-state index is -0.471. The molecule has 0 saturated carbocycles. The van der Waals surface area contributed by atoms with Gasteiger partial charge in [0, 0.05) is 10.0 Å². The van der Waals surface area contributed by atoms with Crippen LogP contribution in [0.3, 0.4) is 0 Å². The zero-order chi connectivity index (χ0) is 15.9. The molecule has 114 valence electrons. The third-order valence-corrected chi connectivity index (χ3v) is 3.46. The van der Waals surface area contributed by atoms with Gasteiger partial charge < -0.3 is 10.1 Å². The molecule has 0 aliphatic heterocycles. The number of carbonyl (C=O) groups is 2. The molecular formula is C17H16BrNO3. The Morgan fingerprint density at radius 2 is 1.91 bits per heavy atom. The number of esters is 1. The molecule has 0 aromatic heterocycles. The van der Waals surface area contributed by atoms with Crippen LogP contribution in [0.15, 0.2) is 53.0 Å². The van der Waals surface area contributed by atoms with Crippen LogP contribution in [0.2, 0.25) is 0 Å². The van der Waals surface area contributed by atoms with Gasteiger partial charge in [-0.2, -0.15) is 0 Å². The topological polar surface area (TPSA) is 55.4 Å². The van der Waals surface area contributed by atoms with E-state index in [0.29, 0.717) is 5.56 Å². The molecule has 0 bridgehead atoms. The molecule has 1 amide bonds. The summed E-state index contributed by atoms with van der Waals surface area (Å²) in [7, 11) is 0. The number of amides is 1. The highest BCUT2D eigenvalue weighted by atomic mass is 79.9. The first kappa shape index (κ1) is 16.2. The molecule has 0 spiro atoms. The maximum absolute atomic E-state index is 11.9. The van der Waals surface area contributed by atoms with Gasteiger partial charge in [-0.1, -0.05) is 45.8 Å². The van der Waals surface area contributed by atoms with E-state index in [1.165, 1.54) is 0 Å². The molecule has 2 rings (SSSR count). The number of hydrogen-bond acceptors (Lipinski definition) is 3. The molecule has 0 saturated heterocycles. The van der Waals surface area contributed by atoms with Gasteiger partial charge in [-0.3, -0.25) is 9.59 Å². The first-order valence-electron chi connectivity index (χ1n) is 6.79. The molecule has 0 unspecified atom stereocenters. The van der Waals surface area contributed by atoms with E-state index in [4.69, 9.17) is 4.74 Å². The molecule has 2 aromatic carbocycles. The van der Waals surface area contributed by atoms with E-state index in [0.717, 1.165) is 15.6 Å². The number of benzene rings is 2. The van der Waals surface area contributed by atoms with Gasteiger partial charge in [-0.25, -0.2) is 0 Å². The molecule has 4 nitrogen and oxygen atoms in total. The van der Waals surface area contributed by atoms with Crippen molar-refractivity contribution in [2.75, 3.05) is 6.54 Å². The van der Waals surface area contributed by atoms with Gasteiger partial charge in [0.15, 0.2) is 0 Å². The van der Waals surface area contributed by atoms with Crippen molar-refractivity contribution in [1.82, 2.24) is 5.32 Å². The smallest absolute Gasteiger partial charge is 0.325 e. The monoisotopic (exact) mass is 361 g/mol. The van der Waals surface area contributed by atoms with Crippen LogP contribution in [0.1, 0.15) is 21.5 Å². The molecule has 0 fully saturated rings. The number of halogens is 1. The van der Waals surface area contributed by atoms with Crippen LogP contribution in [0.4, 0.5) is 0 Å². The number of ether oxygens (including phenoxy) is 1. The lowest BCUT2D eigenvalue weighted by atomic mass is 10.1. The van der Waals surface area contributed by atoms with Crippen LogP contribution in [0, 0.1) is 6.92 Å². The summed E-state index contributed by atoms with van der Waals surface area (Å²) in [5.74, 6) is -0.760. The van der Waals surface area contributed by atoms with E-state index in [1.54, 1.807) is 18.2 Å². The predicted octanol–water partition coefficient (Wildman–Crippen LogP) is 3.23. The van der Waals surface area contributed by atoms with Crippen molar-refractivity contribution in [2.45, 2.75) is 13.5 Å². The predicted molar refractivity (Wildman–Crippen MR) is 87.5 cm³/mol. The standard InChI is InChI=1S/C17H16BrNO3/c1-12-4-2-6-14(8-12)17(21)19-10-16(20)22-11-13-5-3-7-15(18)9-13/h2-9H,10-11H2,1H3,(H,19,21). The highest BCUT2D eigenvalue weighted by molar-refractivity contribution is 9.10. The fourth-order valence-corrected chi connectivity index (χ4v) is 2.33. The van der Waals surface area contributed by atoms with E-state index in [2.05, 4.69) is 21.2 Å². The van der Waals surface area contributed by atoms with Crippen LogP contribution >= 0.6 is 15.9 Å². The number of carbonyl (C=O) groups excluding carboxylic acids is 2. The Balaban J connectivity index is 1.79. The van der Waals surface area contributed by atoms with Crippen LogP contribution in [0.25, 0.3) is 0 Å². The summed E-state index contributed by atoms with van der Waals surface area (Å²) in [4.78, 5) is 23.6. The highest BCUT2D eigenvalue weighted by Gasteiger charge is 2.09. The Morgan fingerprint density at radius 3 is 2.64 bits per heavy atom. The summed E-state index contributed by atoms with van der Waals surface area (Å²) in [6.07, 6.45) is 0. The Hall–Kier alpha value is -2.14. The number of nitrogens with one attached hydrogen (secondary N) is 1. The Bertz CT molecular complexity index is 685. The van der Waals surface area contributed by atoms with Crippen molar-refractivity contribution < 1.29 is 14.3 Å². The van der Waals surface area contributed by atoms with E-state index < -0.39 is 5.97 Å². The zero-order valence-corrected chi connectivity index (χ0v) is 13.7. The molecule has 0 atom stereocenters. The second-order valence-corrected chi connectivity index (χ2v) is 5.76. The molecule has 0 radical (unpaired) electrons. The lowest BCUT2D eigenvalue weighted by Crippen LogP contribution is -2.30. The SMILES string of the molecule is Cc1cccc(C(=O)NCC(=O)OCc2cccc(Br)c2)c1. The van der Waals surface area contributed by atoms with Gasteiger partial charge in [0.05, 0.1) is 0 Å². The van der Waals surface area contributed by atoms with E-state index in [-0.39, 0.29) is 19.1 Å². The fourth-order valence-electron chi connectivity index (χ4n) is 1.88. The Labute approximate surface area is 137 Å². The fraction of sp³-hybridized carbons (Fsp3) is 0.176. The van der Waals surface area contributed by atoms with Gasteiger partial charge in [-0.15, -0.1) is 0 Å². The van der Waals surface area contributed by atoms with Crippen LogP contribution < -0.4 is 5.32 Å².